The van der Waals surface area contributed by atoms with Crippen molar-refractivity contribution >= 4 is 23.4 Å². The summed E-state index contributed by atoms with van der Waals surface area (Å²) in [6.45, 7) is 12.9. The van der Waals surface area contributed by atoms with E-state index in [1.165, 1.54) is 6.42 Å². The first-order valence-corrected chi connectivity index (χ1v) is 15.9. The second kappa shape index (κ2) is 11.7. The zero-order valence-electron chi connectivity index (χ0n) is 25.4. The number of anilines is 1. The molecule has 0 aromatic heterocycles. The molecule has 4 fully saturated rings. The average molecular weight is 579 g/mol. The Hall–Kier alpha value is -2.75. The summed E-state index contributed by atoms with van der Waals surface area (Å²) in [5.41, 5.74) is 1.68. The Morgan fingerprint density at radius 1 is 1.02 bits per heavy atom. The van der Waals surface area contributed by atoms with Gasteiger partial charge in [0, 0.05) is 37.9 Å². The smallest absolute Gasteiger partial charge is 0.246 e. The number of rotatable bonds is 8. The summed E-state index contributed by atoms with van der Waals surface area (Å²) in [6, 6.07) is 5.18. The Labute approximate surface area is 249 Å². The van der Waals surface area contributed by atoms with Gasteiger partial charge in [0.15, 0.2) is 0 Å². The Morgan fingerprint density at radius 2 is 1.76 bits per heavy atom. The van der Waals surface area contributed by atoms with Crippen molar-refractivity contribution in [3.8, 4) is 0 Å². The monoisotopic (exact) mass is 578 g/mol. The molecule has 3 saturated heterocycles. The number of benzene rings is 1. The summed E-state index contributed by atoms with van der Waals surface area (Å²) in [5, 5.41) is 6.40. The number of fused-ring (bicyclic) bond motifs is 1. The number of aryl methyl sites for hydroxylation is 2. The van der Waals surface area contributed by atoms with Crippen LogP contribution in [0.15, 0.2) is 30.4 Å². The number of carbonyl (C=O) groups is 3. The normalized spacial score (nSPS) is 35.9. The largest absolute Gasteiger partial charge is 0.379 e. The fraction of sp³-hybridized carbons (Fsp3) is 0.667. The number of likely N-dealkylation sites (tertiary alicyclic amines) is 1. The fourth-order valence-electron chi connectivity index (χ4n) is 8.12. The predicted molar refractivity (Wildman–Crippen MR) is 160 cm³/mol. The van der Waals surface area contributed by atoms with E-state index < -0.39 is 29.6 Å². The van der Waals surface area contributed by atoms with E-state index in [4.69, 9.17) is 9.47 Å². The first kappa shape index (κ1) is 29.3. The third-order valence-corrected chi connectivity index (χ3v) is 10.4. The lowest BCUT2D eigenvalue weighted by Crippen LogP contribution is -2.58. The molecular formula is C33H46N4O5. The fourth-order valence-corrected chi connectivity index (χ4v) is 8.12. The summed E-state index contributed by atoms with van der Waals surface area (Å²) in [5.74, 6) is -1.11. The van der Waals surface area contributed by atoms with Crippen molar-refractivity contribution in [1.29, 1.82) is 0 Å². The van der Waals surface area contributed by atoms with Crippen molar-refractivity contribution in [2.24, 2.45) is 23.7 Å². The average Bonchev–Trinajstić information content (AvgIpc) is 3.59. The van der Waals surface area contributed by atoms with Gasteiger partial charge in [-0.05, 0) is 61.8 Å². The number of nitrogens with one attached hydrogen (secondary N) is 2. The van der Waals surface area contributed by atoms with Gasteiger partial charge in [0.25, 0.3) is 0 Å². The molecule has 4 aliphatic heterocycles. The molecule has 0 unspecified atom stereocenters. The van der Waals surface area contributed by atoms with Crippen LogP contribution in [0.1, 0.15) is 50.7 Å². The van der Waals surface area contributed by atoms with Gasteiger partial charge >= 0.3 is 0 Å². The van der Waals surface area contributed by atoms with Crippen LogP contribution in [-0.2, 0) is 23.9 Å². The lowest BCUT2D eigenvalue weighted by molar-refractivity contribution is -0.141. The maximum absolute atomic E-state index is 14.3. The van der Waals surface area contributed by atoms with Crippen molar-refractivity contribution < 1.29 is 23.9 Å². The molecule has 2 N–H and O–H groups in total. The van der Waals surface area contributed by atoms with Crippen molar-refractivity contribution in [1.82, 2.24) is 15.1 Å². The Morgan fingerprint density at radius 3 is 2.50 bits per heavy atom. The van der Waals surface area contributed by atoms with Crippen LogP contribution in [0, 0.1) is 37.5 Å². The van der Waals surface area contributed by atoms with Gasteiger partial charge in [-0.1, -0.05) is 44.9 Å². The van der Waals surface area contributed by atoms with Gasteiger partial charge in [-0.15, -0.1) is 0 Å². The van der Waals surface area contributed by atoms with E-state index in [0.29, 0.717) is 37.3 Å². The van der Waals surface area contributed by atoms with Crippen molar-refractivity contribution in [2.45, 2.75) is 77.2 Å². The minimum Gasteiger partial charge on any atom is -0.379 e. The number of hydrogen-bond donors (Lipinski definition) is 2. The number of ether oxygens (including phenoxy) is 2. The highest BCUT2D eigenvalue weighted by Crippen LogP contribution is 2.55. The molecule has 0 radical (unpaired) electrons. The highest BCUT2D eigenvalue weighted by molar-refractivity contribution is 6.02. The van der Waals surface area contributed by atoms with Crippen molar-refractivity contribution in [3.63, 3.8) is 0 Å². The van der Waals surface area contributed by atoms with E-state index in [2.05, 4.69) is 35.4 Å². The van der Waals surface area contributed by atoms with Crippen molar-refractivity contribution in [3.05, 3.63) is 41.5 Å². The number of amides is 3. The van der Waals surface area contributed by atoms with Crippen LogP contribution in [0.5, 0.6) is 0 Å². The highest BCUT2D eigenvalue weighted by atomic mass is 16.5. The van der Waals surface area contributed by atoms with Crippen LogP contribution >= 0.6 is 0 Å². The maximum Gasteiger partial charge on any atom is 0.246 e. The van der Waals surface area contributed by atoms with Crippen LogP contribution in [0.4, 0.5) is 5.69 Å². The molecule has 6 rings (SSSR count). The van der Waals surface area contributed by atoms with E-state index in [1.807, 2.05) is 38.1 Å². The van der Waals surface area contributed by atoms with Gasteiger partial charge in [0.2, 0.25) is 17.7 Å². The van der Waals surface area contributed by atoms with E-state index in [1.54, 1.807) is 4.90 Å². The molecule has 9 nitrogen and oxygen atoms in total. The van der Waals surface area contributed by atoms with E-state index in [9.17, 15) is 14.4 Å². The summed E-state index contributed by atoms with van der Waals surface area (Å²) >= 11 is 0. The summed E-state index contributed by atoms with van der Waals surface area (Å²) in [4.78, 5) is 46.3. The Balaban J connectivity index is 1.25. The third-order valence-electron chi connectivity index (χ3n) is 10.4. The van der Waals surface area contributed by atoms with Gasteiger partial charge in [-0.25, -0.2) is 0 Å². The molecule has 1 aromatic carbocycles. The molecule has 1 saturated carbocycles. The lowest BCUT2D eigenvalue weighted by atomic mass is 9.73. The standard InChI is InChI=1S/C33H46N4O5/c1-20-17-21(2)19-24(18-20)34-30(38)27-26-9-10-33(42-26)28(27)32(40)37(12-6-11-36-13-15-41-16-14-36)29(33)31(39)35-25-8-5-7-22(3)23(25)4/h9-10,17-19,22-23,25-29H,5-8,11-16H2,1-4H3,(H,34,38)(H,35,39)/t22-,23-,25+,26-,27+,28-,29-,33-/m0/s1. The topological polar surface area (TPSA) is 100 Å². The van der Waals surface area contributed by atoms with E-state index in [-0.39, 0.29) is 23.8 Å². The van der Waals surface area contributed by atoms with Crippen LogP contribution in [0.3, 0.4) is 0 Å². The second-order valence-corrected chi connectivity index (χ2v) is 13.3. The van der Waals surface area contributed by atoms with Crippen LogP contribution in [0.2, 0.25) is 0 Å². The zero-order chi connectivity index (χ0) is 29.6. The summed E-state index contributed by atoms with van der Waals surface area (Å²) in [6.07, 6.45) is 7.17. The van der Waals surface area contributed by atoms with Gasteiger partial charge < -0.3 is 25.0 Å². The first-order chi connectivity index (χ1) is 20.2. The molecule has 1 aromatic rings. The van der Waals surface area contributed by atoms with Crippen LogP contribution < -0.4 is 10.6 Å². The number of hydrogen-bond acceptors (Lipinski definition) is 6. The molecule has 5 aliphatic rings. The first-order valence-electron chi connectivity index (χ1n) is 15.9. The Bertz CT molecular complexity index is 1220. The Kier molecular flexibility index (Phi) is 8.19. The second-order valence-electron chi connectivity index (χ2n) is 13.3. The molecule has 228 valence electrons. The SMILES string of the molecule is Cc1cc(C)cc(NC(=O)[C@@H]2[C@@H]3C=C[C@]4(O3)[C@@H]2C(=O)N(CCCN2CCOCC2)[C@H]4C(=O)N[C@@H]2CCC[C@H](C)[C@@H]2C)c1. The highest BCUT2D eigenvalue weighted by Gasteiger charge is 2.72. The summed E-state index contributed by atoms with van der Waals surface area (Å²) < 4.78 is 12.0. The van der Waals surface area contributed by atoms with Gasteiger partial charge in [-0.3, -0.25) is 19.3 Å². The van der Waals surface area contributed by atoms with E-state index in [0.717, 1.165) is 50.0 Å². The maximum atomic E-state index is 14.3. The van der Waals surface area contributed by atoms with Crippen LogP contribution in [-0.4, -0.2) is 90.7 Å². The molecular weight excluding hydrogens is 532 g/mol. The van der Waals surface area contributed by atoms with E-state index >= 15 is 0 Å². The third kappa shape index (κ3) is 5.28. The number of nitrogens with zero attached hydrogens (tertiary/aromatic N) is 2. The van der Waals surface area contributed by atoms with Gasteiger partial charge in [-0.2, -0.15) is 0 Å². The zero-order valence-corrected chi connectivity index (χ0v) is 25.4. The number of morpholine rings is 1. The summed E-state index contributed by atoms with van der Waals surface area (Å²) in [7, 11) is 0. The van der Waals surface area contributed by atoms with Gasteiger partial charge in [0.05, 0.1) is 31.2 Å². The van der Waals surface area contributed by atoms with Crippen LogP contribution in [0.25, 0.3) is 0 Å². The van der Waals surface area contributed by atoms with Gasteiger partial charge in [0.1, 0.15) is 11.6 Å². The number of carbonyl (C=O) groups excluding carboxylic acids is 3. The molecule has 9 heteroatoms. The minimum atomic E-state index is -1.14. The molecule has 4 heterocycles. The lowest BCUT2D eigenvalue weighted by Gasteiger charge is -2.38. The molecule has 42 heavy (non-hydrogen) atoms. The molecule has 1 spiro atoms. The molecule has 2 bridgehead atoms. The quantitative estimate of drug-likeness (QED) is 0.460. The molecule has 8 atom stereocenters. The predicted octanol–water partition coefficient (Wildman–Crippen LogP) is 3.06. The molecule has 1 aliphatic carbocycles. The molecule has 3 amide bonds. The minimum absolute atomic E-state index is 0.0632. The van der Waals surface area contributed by atoms with Crippen molar-refractivity contribution in [2.75, 3.05) is 44.7 Å².